The molecule has 1 aromatic heterocycles. The molecule has 0 aliphatic carbocycles. The lowest BCUT2D eigenvalue weighted by Gasteiger charge is -2.22. The van der Waals surface area contributed by atoms with Gasteiger partial charge in [0.2, 0.25) is 0 Å². The van der Waals surface area contributed by atoms with Crippen molar-refractivity contribution in [3.05, 3.63) is 39.4 Å². The van der Waals surface area contributed by atoms with E-state index in [2.05, 4.69) is 25.8 Å². The smallest absolute Gasteiger partial charge is 0.182 e. The van der Waals surface area contributed by atoms with Gasteiger partial charge in [-0.1, -0.05) is 32.4 Å². The molecule has 0 aliphatic heterocycles. The van der Waals surface area contributed by atoms with Gasteiger partial charge in [-0.25, -0.2) is 0 Å². The van der Waals surface area contributed by atoms with E-state index in [-0.39, 0.29) is 5.41 Å². The van der Waals surface area contributed by atoms with Crippen LogP contribution in [-0.4, -0.2) is 16.7 Å². The molecule has 0 spiro atoms. The Hall–Kier alpha value is -1.26. The molecular weight excluding hydrogens is 292 g/mol. The third kappa shape index (κ3) is 2.63. The summed E-state index contributed by atoms with van der Waals surface area (Å²) in [6.07, 6.45) is 1.95. The summed E-state index contributed by atoms with van der Waals surface area (Å²) in [7, 11) is 1.64. The number of H-pyrrole nitrogens is 1. The predicted molar refractivity (Wildman–Crippen MR) is 86.0 cm³/mol. The number of rotatable bonds is 2. The van der Waals surface area contributed by atoms with Crippen LogP contribution in [0.25, 0.3) is 5.69 Å². The van der Waals surface area contributed by atoms with Gasteiger partial charge >= 0.3 is 0 Å². The summed E-state index contributed by atoms with van der Waals surface area (Å²) in [5, 5.41) is 0.685. The first-order valence-electron chi connectivity index (χ1n) is 6.41. The lowest BCUT2D eigenvalue weighted by Crippen LogP contribution is -2.17. The highest BCUT2D eigenvalue weighted by molar-refractivity contribution is 7.71. The summed E-state index contributed by atoms with van der Waals surface area (Å²) in [6, 6.07) is 3.83. The van der Waals surface area contributed by atoms with Crippen LogP contribution in [0, 0.1) is 11.7 Å². The van der Waals surface area contributed by atoms with Gasteiger partial charge in [0.1, 0.15) is 5.75 Å². The first kappa shape index (κ1) is 15.1. The van der Waals surface area contributed by atoms with Gasteiger partial charge in [-0.3, -0.25) is 4.57 Å². The molecule has 108 valence electrons. The lowest BCUT2D eigenvalue weighted by atomic mass is 9.92. The van der Waals surface area contributed by atoms with E-state index in [1.165, 1.54) is 0 Å². The summed E-state index contributed by atoms with van der Waals surface area (Å²) >= 11 is 11.6. The molecule has 1 aromatic carbocycles. The molecule has 0 amide bonds. The fourth-order valence-corrected chi connectivity index (χ4v) is 2.56. The highest BCUT2D eigenvalue weighted by Crippen LogP contribution is 2.33. The van der Waals surface area contributed by atoms with Crippen LogP contribution in [0.2, 0.25) is 5.02 Å². The Labute approximate surface area is 129 Å². The number of benzene rings is 1. The summed E-state index contributed by atoms with van der Waals surface area (Å²) < 4.78 is 8.12. The number of aromatic amines is 1. The van der Waals surface area contributed by atoms with Crippen LogP contribution in [0.4, 0.5) is 0 Å². The van der Waals surface area contributed by atoms with Gasteiger partial charge in [-0.05, 0) is 30.8 Å². The summed E-state index contributed by atoms with van der Waals surface area (Å²) in [4.78, 5) is 3.12. The van der Waals surface area contributed by atoms with Crippen molar-refractivity contribution in [3.63, 3.8) is 0 Å². The highest BCUT2D eigenvalue weighted by Gasteiger charge is 2.22. The molecule has 5 heteroatoms. The Morgan fingerprint density at radius 2 is 1.95 bits per heavy atom. The van der Waals surface area contributed by atoms with Crippen molar-refractivity contribution in [2.24, 2.45) is 0 Å². The molecule has 0 bridgehead atoms. The first-order chi connectivity index (χ1) is 9.25. The van der Waals surface area contributed by atoms with Crippen LogP contribution in [0.5, 0.6) is 5.75 Å². The van der Waals surface area contributed by atoms with Crippen LogP contribution in [0.1, 0.15) is 32.0 Å². The Morgan fingerprint density at radius 1 is 1.30 bits per heavy atom. The van der Waals surface area contributed by atoms with E-state index in [9.17, 15) is 0 Å². The second-order valence-electron chi connectivity index (χ2n) is 5.84. The van der Waals surface area contributed by atoms with E-state index in [4.69, 9.17) is 28.6 Å². The minimum atomic E-state index is -0.0356. The van der Waals surface area contributed by atoms with Crippen molar-refractivity contribution in [1.82, 2.24) is 9.55 Å². The zero-order valence-electron chi connectivity index (χ0n) is 12.4. The zero-order valence-corrected chi connectivity index (χ0v) is 13.9. The molecule has 0 saturated heterocycles. The van der Waals surface area contributed by atoms with Crippen molar-refractivity contribution in [1.29, 1.82) is 0 Å². The molecule has 0 fully saturated rings. The summed E-state index contributed by atoms with van der Waals surface area (Å²) in [5.41, 5.74) is 2.96. The number of ether oxygens (including phenoxy) is 1. The van der Waals surface area contributed by atoms with Gasteiger partial charge in [-0.15, -0.1) is 0 Å². The number of methoxy groups -OCH3 is 1. The Kier molecular flexibility index (Phi) is 3.98. The van der Waals surface area contributed by atoms with Crippen molar-refractivity contribution >= 4 is 23.8 Å². The van der Waals surface area contributed by atoms with Gasteiger partial charge < -0.3 is 9.72 Å². The average Bonchev–Trinajstić information content (AvgIpc) is 2.74. The molecule has 3 nitrogen and oxygen atoms in total. The third-order valence-electron chi connectivity index (χ3n) is 3.25. The molecule has 0 aliphatic rings. The number of nitrogens with zero attached hydrogens (tertiary/aromatic N) is 1. The number of aryl methyl sites for hydroxylation is 1. The zero-order chi connectivity index (χ0) is 15.1. The lowest BCUT2D eigenvalue weighted by molar-refractivity contribution is 0.411. The second kappa shape index (κ2) is 5.26. The standard InChI is InChI=1S/C15H19ClN2OS/c1-9-6-11(12(19-5)7-10(9)16)18-13(15(2,3)4)8-17-14(18)20/h6-8H,1-5H3,(H,17,20). The molecule has 0 unspecified atom stereocenters. The van der Waals surface area contributed by atoms with Crippen LogP contribution < -0.4 is 4.74 Å². The molecule has 1 N–H and O–H groups in total. The van der Waals surface area contributed by atoms with Crippen LogP contribution >= 0.6 is 23.8 Å². The van der Waals surface area contributed by atoms with E-state index < -0.39 is 0 Å². The monoisotopic (exact) mass is 310 g/mol. The number of hydrogen-bond donors (Lipinski definition) is 1. The average molecular weight is 311 g/mol. The number of halogens is 1. The molecular formula is C15H19ClN2OS. The van der Waals surface area contributed by atoms with Crippen LogP contribution in [0.3, 0.4) is 0 Å². The van der Waals surface area contributed by atoms with Crippen molar-refractivity contribution in [2.45, 2.75) is 33.1 Å². The quantitative estimate of drug-likeness (QED) is 0.807. The molecule has 0 radical (unpaired) electrons. The van der Waals surface area contributed by atoms with Crippen molar-refractivity contribution in [3.8, 4) is 11.4 Å². The van der Waals surface area contributed by atoms with Gasteiger partial charge in [0.05, 0.1) is 12.8 Å². The number of nitrogens with one attached hydrogen (secondary N) is 1. The predicted octanol–water partition coefficient (Wildman–Crippen LogP) is 4.80. The molecule has 1 heterocycles. The topological polar surface area (TPSA) is 29.9 Å². The third-order valence-corrected chi connectivity index (χ3v) is 3.95. The maximum atomic E-state index is 6.17. The van der Waals surface area contributed by atoms with E-state index in [1.807, 2.05) is 29.8 Å². The van der Waals surface area contributed by atoms with Crippen molar-refractivity contribution in [2.75, 3.05) is 7.11 Å². The second-order valence-corrected chi connectivity index (χ2v) is 6.63. The molecule has 2 rings (SSSR count). The van der Waals surface area contributed by atoms with E-state index in [0.29, 0.717) is 15.5 Å². The SMILES string of the molecule is COc1cc(Cl)c(C)cc1-n1c(C(C)(C)C)c[nH]c1=S. The first-order valence-corrected chi connectivity index (χ1v) is 7.19. The van der Waals surface area contributed by atoms with Gasteiger partial charge in [0.15, 0.2) is 4.77 Å². The van der Waals surface area contributed by atoms with Crippen LogP contribution in [-0.2, 0) is 5.41 Å². The summed E-state index contributed by atoms with van der Waals surface area (Å²) in [6.45, 7) is 8.42. The van der Waals surface area contributed by atoms with Gasteiger partial charge in [0, 0.05) is 28.4 Å². The largest absolute Gasteiger partial charge is 0.495 e. The van der Waals surface area contributed by atoms with Crippen LogP contribution in [0.15, 0.2) is 18.3 Å². The Balaban J connectivity index is 2.78. The normalized spacial score (nSPS) is 11.7. The fraction of sp³-hybridized carbons (Fsp3) is 0.400. The minimum absolute atomic E-state index is 0.0356. The summed E-state index contributed by atoms with van der Waals surface area (Å²) in [5.74, 6) is 0.710. The Morgan fingerprint density at radius 3 is 2.50 bits per heavy atom. The van der Waals surface area contributed by atoms with Crippen molar-refractivity contribution < 1.29 is 4.74 Å². The highest BCUT2D eigenvalue weighted by atomic mass is 35.5. The van der Waals surface area contributed by atoms with Gasteiger partial charge in [0.25, 0.3) is 0 Å². The molecule has 2 aromatic rings. The van der Waals surface area contributed by atoms with E-state index in [0.717, 1.165) is 16.9 Å². The Bertz CT molecular complexity index is 695. The van der Waals surface area contributed by atoms with E-state index in [1.54, 1.807) is 7.11 Å². The van der Waals surface area contributed by atoms with E-state index >= 15 is 0 Å². The maximum absolute atomic E-state index is 6.17. The molecule has 0 saturated carbocycles. The minimum Gasteiger partial charge on any atom is -0.495 e. The number of aromatic nitrogens is 2. The maximum Gasteiger partial charge on any atom is 0.182 e. The molecule has 0 atom stereocenters. The number of imidazole rings is 1. The van der Waals surface area contributed by atoms with Gasteiger partial charge in [-0.2, -0.15) is 0 Å². The molecule has 20 heavy (non-hydrogen) atoms. The number of hydrogen-bond acceptors (Lipinski definition) is 2. The fourth-order valence-electron chi connectivity index (χ4n) is 2.15.